The van der Waals surface area contributed by atoms with E-state index in [9.17, 15) is 19.2 Å². The molecule has 2 aliphatic heterocycles. The average molecular weight is 480 g/mol. The first kappa shape index (κ1) is 23.6. The summed E-state index contributed by atoms with van der Waals surface area (Å²) in [7, 11) is 0. The maximum atomic E-state index is 12.8. The molecule has 2 heterocycles. The number of imide groups is 1. The van der Waals surface area contributed by atoms with Crippen molar-refractivity contribution in [2.75, 3.05) is 32.8 Å². The highest BCUT2D eigenvalue weighted by molar-refractivity contribution is 8.18. The average Bonchev–Trinajstić information content (AvgIpc) is 3.12. The van der Waals surface area contributed by atoms with Crippen LogP contribution in [0.2, 0.25) is 0 Å². The van der Waals surface area contributed by atoms with Crippen LogP contribution in [0.25, 0.3) is 6.08 Å². The van der Waals surface area contributed by atoms with Crippen LogP contribution in [-0.2, 0) is 16.1 Å². The number of hydrogen-bond acceptors (Lipinski definition) is 6. The minimum absolute atomic E-state index is 0.113. The first-order valence-corrected chi connectivity index (χ1v) is 11.9. The van der Waals surface area contributed by atoms with Crippen molar-refractivity contribution in [3.05, 3.63) is 76.2 Å². The molecule has 0 spiro atoms. The molecule has 2 aliphatic rings. The van der Waals surface area contributed by atoms with E-state index in [1.54, 1.807) is 47.1 Å². The van der Waals surface area contributed by atoms with Gasteiger partial charge < -0.3 is 14.5 Å². The maximum Gasteiger partial charge on any atom is 0.409 e. The second-order valence-electron chi connectivity index (χ2n) is 7.85. The van der Waals surface area contributed by atoms with Crippen LogP contribution in [0.4, 0.5) is 9.59 Å². The number of carbonyl (C=O) groups excluding carboxylic acids is 4. The molecule has 8 nitrogen and oxygen atoms in total. The third kappa shape index (κ3) is 5.31. The van der Waals surface area contributed by atoms with Crippen molar-refractivity contribution in [1.29, 1.82) is 0 Å². The molecule has 0 unspecified atom stereocenters. The fraction of sp³-hybridized carbons (Fsp3) is 0.280. The van der Waals surface area contributed by atoms with Gasteiger partial charge in [-0.05, 0) is 48.0 Å². The van der Waals surface area contributed by atoms with Crippen LogP contribution in [0.3, 0.4) is 0 Å². The van der Waals surface area contributed by atoms with Gasteiger partial charge in [0.1, 0.15) is 0 Å². The van der Waals surface area contributed by atoms with Gasteiger partial charge in [0, 0.05) is 31.7 Å². The molecule has 34 heavy (non-hydrogen) atoms. The minimum Gasteiger partial charge on any atom is -0.450 e. The van der Waals surface area contributed by atoms with Crippen LogP contribution in [0.1, 0.15) is 28.4 Å². The maximum absolute atomic E-state index is 12.8. The predicted molar refractivity (Wildman–Crippen MR) is 129 cm³/mol. The van der Waals surface area contributed by atoms with Gasteiger partial charge in [-0.2, -0.15) is 0 Å². The third-order valence-corrected chi connectivity index (χ3v) is 6.51. The monoisotopic (exact) mass is 479 g/mol. The molecule has 0 saturated carbocycles. The van der Waals surface area contributed by atoms with Crippen LogP contribution in [0, 0.1) is 0 Å². The highest BCUT2D eigenvalue weighted by Gasteiger charge is 2.35. The van der Waals surface area contributed by atoms with Gasteiger partial charge in [-0.15, -0.1) is 0 Å². The lowest BCUT2D eigenvalue weighted by Gasteiger charge is -2.34. The van der Waals surface area contributed by atoms with Crippen molar-refractivity contribution in [1.82, 2.24) is 14.7 Å². The standard InChI is InChI=1S/C25H25N3O5S/c1-2-33-24(31)27-14-12-26(13-15-27)22(29)20-10-8-18(9-11-20)16-21-23(30)28(25(32)34-21)17-19-6-4-3-5-7-19/h3-11,16H,2,12-15,17H2,1H3. The molecule has 2 saturated heterocycles. The van der Waals surface area contributed by atoms with E-state index in [0.717, 1.165) is 22.9 Å². The fourth-order valence-corrected chi connectivity index (χ4v) is 4.60. The Balaban J connectivity index is 1.37. The summed E-state index contributed by atoms with van der Waals surface area (Å²) in [5.74, 6) is -0.434. The van der Waals surface area contributed by atoms with E-state index in [-0.39, 0.29) is 29.7 Å². The second kappa shape index (κ2) is 10.6. The van der Waals surface area contributed by atoms with E-state index in [2.05, 4.69) is 0 Å². The molecule has 0 radical (unpaired) electrons. The first-order valence-electron chi connectivity index (χ1n) is 11.1. The zero-order valence-corrected chi connectivity index (χ0v) is 19.6. The van der Waals surface area contributed by atoms with Gasteiger partial charge in [-0.1, -0.05) is 42.5 Å². The van der Waals surface area contributed by atoms with Crippen molar-refractivity contribution in [2.24, 2.45) is 0 Å². The lowest BCUT2D eigenvalue weighted by atomic mass is 10.1. The van der Waals surface area contributed by atoms with E-state index in [1.807, 2.05) is 30.3 Å². The predicted octanol–water partition coefficient (Wildman–Crippen LogP) is 3.84. The highest BCUT2D eigenvalue weighted by atomic mass is 32.2. The zero-order valence-electron chi connectivity index (χ0n) is 18.8. The number of benzene rings is 2. The fourth-order valence-electron chi connectivity index (χ4n) is 3.77. The second-order valence-corrected chi connectivity index (χ2v) is 8.85. The summed E-state index contributed by atoms with van der Waals surface area (Å²) < 4.78 is 5.01. The Hall–Kier alpha value is -3.59. The van der Waals surface area contributed by atoms with Crippen molar-refractivity contribution in [3.8, 4) is 0 Å². The van der Waals surface area contributed by atoms with Gasteiger partial charge in [0.15, 0.2) is 0 Å². The van der Waals surface area contributed by atoms with Gasteiger partial charge in [0.2, 0.25) is 0 Å². The Kier molecular flexibility index (Phi) is 7.32. The normalized spacial score (nSPS) is 17.4. The van der Waals surface area contributed by atoms with Crippen LogP contribution in [0.15, 0.2) is 59.5 Å². The zero-order chi connectivity index (χ0) is 24.1. The van der Waals surface area contributed by atoms with Gasteiger partial charge in [-0.25, -0.2) is 4.79 Å². The molecule has 0 aliphatic carbocycles. The van der Waals surface area contributed by atoms with Gasteiger partial charge >= 0.3 is 6.09 Å². The summed E-state index contributed by atoms with van der Waals surface area (Å²) >= 11 is 0.916. The molecule has 0 atom stereocenters. The Labute approximate surface area is 202 Å². The van der Waals surface area contributed by atoms with Crippen molar-refractivity contribution < 1.29 is 23.9 Å². The first-order chi connectivity index (χ1) is 16.5. The molecule has 0 N–H and O–H groups in total. The van der Waals surface area contributed by atoms with Crippen LogP contribution in [0.5, 0.6) is 0 Å². The molecular formula is C25H25N3O5S. The van der Waals surface area contributed by atoms with E-state index in [4.69, 9.17) is 4.74 Å². The topological polar surface area (TPSA) is 87.2 Å². The number of nitrogens with zero attached hydrogens (tertiary/aromatic N) is 3. The van der Waals surface area contributed by atoms with Crippen LogP contribution >= 0.6 is 11.8 Å². The quantitative estimate of drug-likeness (QED) is 0.606. The van der Waals surface area contributed by atoms with E-state index >= 15 is 0 Å². The summed E-state index contributed by atoms with van der Waals surface area (Å²) in [6.07, 6.45) is 1.31. The van der Waals surface area contributed by atoms with Crippen LogP contribution in [-0.4, -0.2) is 70.6 Å². The molecule has 0 bridgehead atoms. The SMILES string of the molecule is CCOC(=O)N1CCN(C(=O)c2ccc(C=C3SC(=O)N(Cc4ccccc4)C3=O)cc2)CC1. The number of rotatable bonds is 5. The Morgan fingerprint density at radius 1 is 0.941 bits per heavy atom. The van der Waals surface area contributed by atoms with Crippen molar-refractivity contribution in [2.45, 2.75) is 13.5 Å². The summed E-state index contributed by atoms with van der Waals surface area (Å²) in [5, 5.41) is -0.297. The number of ether oxygens (including phenoxy) is 1. The molecule has 2 aromatic carbocycles. The summed E-state index contributed by atoms with van der Waals surface area (Å²) in [5.41, 5.74) is 2.14. The lowest BCUT2D eigenvalue weighted by Crippen LogP contribution is -2.50. The molecule has 4 amide bonds. The Morgan fingerprint density at radius 2 is 1.59 bits per heavy atom. The van der Waals surface area contributed by atoms with E-state index in [1.165, 1.54) is 4.90 Å². The van der Waals surface area contributed by atoms with Gasteiger partial charge in [-0.3, -0.25) is 19.3 Å². The minimum atomic E-state index is -0.355. The number of amides is 4. The summed E-state index contributed by atoms with van der Waals surface area (Å²) in [6, 6.07) is 16.3. The molecular weight excluding hydrogens is 454 g/mol. The smallest absolute Gasteiger partial charge is 0.409 e. The van der Waals surface area contributed by atoms with E-state index < -0.39 is 0 Å². The Bertz CT molecular complexity index is 1110. The third-order valence-electron chi connectivity index (χ3n) is 5.61. The van der Waals surface area contributed by atoms with E-state index in [0.29, 0.717) is 43.3 Å². The lowest BCUT2D eigenvalue weighted by molar-refractivity contribution is -0.123. The number of thioether (sulfide) groups is 1. The van der Waals surface area contributed by atoms with Crippen molar-refractivity contribution >= 4 is 41.0 Å². The highest BCUT2D eigenvalue weighted by Crippen LogP contribution is 2.33. The number of piperazine rings is 1. The number of carbonyl (C=O) groups is 4. The molecule has 176 valence electrons. The summed E-state index contributed by atoms with van der Waals surface area (Å²) in [6.45, 7) is 4.06. The van der Waals surface area contributed by atoms with Crippen molar-refractivity contribution in [3.63, 3.8) is 0 Å². The number of hydrogen-bond donors (Lipinski definition) is 0. The summed E-state index contributed by atoms with van der Waals surface area (Å²) in [4.78, 5) is 54.7. The van der Waals surface area contributed by atoms with Gasteiger partial charge in [0.05, 0.1) is 18.1 Å². The molecule has 9 heteroatoms. The molecule has 4 rings (SSSR count). The largest absolute Gasteiger partial charge is 0.450 e. The van der Waals surface area contributed by atoms with Gasteiger partial charge in [0.25, 0.3) is 17.1 Å². The molecule has 0 aromatic heterocycles. The van der Waals surface area contributed by atoms with Crippen LogP contribution < -0.4 is 0 Å². The molecule has 2 aromatic rings. The Morgan fingerprint density at radius 3 is 2.24 bits per heavy atom. The molecule has 2 fully saturated rings.